The molecule has 2 aliphatic rings. The molecule has 0 saturated carbocycles. The maximum absolute atomic E-state index is 12.2. The van der Waals surface area contributed by atoms with Crippen molar-refractivity contribution in [3.63, 3.8) is 0 Å². The average Bonchev–Trinajstić information content (AvgIpc) is 2.75. The second-order valence-electron chi connectivity index (χ2n) is 5.64. The summed E-state index contributed by atoms with van der Waals surface area (Å²) in [5.41, 5.74) is 0.697. The summed E-state index contributed by atoms with van der Waals surface area (Å²) >= 11 is 0. The number of cyclic esters (lactones) is 2. The Hall–Kier alpha value is -1.79. The van der Waals surface area contributed by atoms with E-state index in [2.05, 4.69) is 4.74 Å². The first-order chi connectivity index (χ1) is 10.4. The van der Waals surface area contributed by atoms with Crippen molar-refractivity contribution in [1.82, 2.24) is 0 Å². The smallest absolute Gasteiger partial charge is 0.342 e. The minimum atomic E-state index is -1.42. The number of ether oxygens (including phenoxy) is 1. The molecule has 2 rings (SSSR count). The van der Waals surface area contributed by atoms with Crippen LogP contribution >= 0.6 is 0 Å². The van der Waals surface area contributed by atoms with Crippen LogP contribution in [0.3, 0.4) is 0 Å². The molecule has 0 aromatic carbocycles. The van der Waals surface area contributed by atoms with E-state index in [1.165, 1.54) is 0 Å². The summed E-state index contributed by atoms with van der Waals surface area (Å²) < 4.78 is 4.67. The molecule has 0 bridgehead atoms. The van der Waals surface area contributed by atoms with E-state index in [1.807, 2.05) is 6.92 Å². The van der Waals surface area contributed by atoms with E-state index >= 15 is 0 Å². The van der Waals surface area contributed by atoms with Crippen molar-refractivity contribution in [2.24, 2.45) is 5.92 Å². The van der Waals surface area contributed by atoms with Crippen LogP contribution in [0.15, 0.2) is 22.8 Å². The van der Waals surface area contributed by atoms with E-state index in [0.29, 0.717) is 18.4 Å². The number of hydrogen-bond acceptors (Lipinski definition) is 6. The van der Waals surface area contributed by atoms with Gasteiger partial charge in [-0.05, 0) is 18.9 Å². The molecule has 2 N–H and O–H groups in total. The number of esters is 2. The molecule has 120 valence electrons. The van der Waals surface area contributed by atoms with Gasteiger partial charge in [0.25, 0.3) is 0 Å². The molecule has 0 aromatic heterocycles. The SMILES string of the molecule is CC=C1CC2=C(C(=O)OC2=O)[C@H](CCC)[C@@H](O)C(=O)C[C@H]1O. The number of hydrogen-bond donors (Lipinski definition) is 2. The molecule has 6 nitrogen and oxygen atoms in total. The molecule has 0 fully saturated rings. The Bertz CT molecular complexity index is 571. The first-order valence-corrected chi connectivity index (χ1v) is 7.44. The standard InChI is InChI=1S/C16H20O6/c1-3-5-9-13-10(15(20)22-16(13)21)6-8(4-2)11(17)7-12(18)14(9)19/h4,9,11,14,17,19H,3,5-7H2,1-2H3/t9-,11+,14+/m0/s1. The highest BCUT2D eigenvalue weighted by Crippen LogP contribution is 2.36. The van der Waals surface area contributed by atoms with Gasteiger partial charge in [0.15, 0.2) is 5.78 Å². The van der Waals surface area contributed by atoms with Crippen molar-refractivity contribution in [1.29, 1.82) is 0 Å². The fourth-order valence-corrected chi connectivity index (χ4v) is 3.03. The number of carbonyl (C=O) groups excluding carboxylic acids is 3. The fourth-order valence-electron chi connectivity index (χ4n) is 3.03. The molecule has 0 unspecified atom stereocenters. The third-order valence-electron chi connectivity index (χ3n) is 4.23. The fraction of sp³-hybridized carbons (Fsp3) is 0.562. The normalized spacial score (nSPS) is 31.7. The van der Waals surface area contributed by atoms with Gasteiger partial charge >= 0.3 is 11.9 Å². The van der Waals surface area contributed by atoms with E-state index in [9.17, 15) is 24.6 Å². The van der Waals surface area contributed by atoms with Crippen LogP contribution in [0.4, 0.5) is 0 Å². The lowest BCUT2D eigenvalue weighted by Crippen LogP contribution is -2.34. The molecule has 1 aliphatic carbocycles. The number of carbonyl (C=O) groups is 3. The molecular formula is C16H20O6. The molecule has 0 radical (unpaired) electrons. The highest BCUT2D eigenvalue weighted by molar-refractivity contribution is 6.13. The first kappa shape index (κ1) is 16.6. The van der Waals surface area contributed by atoms with Crippen molar-refractivity contribution in [3.8, 4) is 0 Å². The molecular weight excluding hydrogens is 288 g/mol. The summed E-state index contributed by atoms with van der Waals surface area (Å²) in [7, 11) is 0. The molecule has 3 atom stereocenters. The van der Waals surface area contributed by atoms with E-state index in [0.717, 1.165) is 0 Å². The topological polar surface area (TPSA) is 101 Å². The van der Waals surface area contributed by atoms with Crippen LogP contribution < -0.4 is 0 Å². The lowest BCUT2D eigenvalue weighted by atomic mass is 9.84. The number of Topliss-reactive ketones (excluding diaryl/α,β-unsaturated/α-hetero) is 1. The van der Waals surface area contributed by atoms with Crippen LogP contribution in [0.5, 0.6) is 0 Å². The molecule has 0 saturated heterocycles. The lowest BCUT2D eigenvalue weighted by Gasteiger charge is -2.21. The molecule has 0 amide bonds. The van der Waals surface area contributed by atoms with E-state index in [1.54, 1.807) is 13.0 Å². The zero-order valence-electron chi connectivity index (χ0n) is 12.7. The third kappa shape index (κ3) is 2.89. The Labute approximate surface area is 128 Å². The van der Waals surface area contributed by atoms with Gasteiger partial charge in [-0.3, -0.25) is 4.79 Å². The summed E-state index contributed by atoms with van der Waals surface area (Å²) in [4.78, 5) is 36.1. The van der Waals surface area contributed by atoms with Gasteiger partial charge in [-0.25, -0.2) is 9.59 Å². The van der Waals surface area contributed by atoms with E-state index < -0.39 is 35.8 Å². The predicted molar refractivity (Wildman–Crippen MR) is 76.5 cm³/mol. The predicted octanol–water partition coefficient (Wildman–Crippen LogP) is 0.814. The number of aliphatic hydroxyl groups excluding tert-OH is 2. The quantitative estimate of drug-likeness (QED) is 0.445. The minimum absolute atomic E-state index is 0.0534. The zero-order chi connectivity index (χ0) is 16.4. The molecule has 1 aliphatic heterocycles. The minimum Gasteiger partial charge on any atom is -0.388 e. The Morgan fingerprint density at radius 2 is 1.91 bits per heavy atom. The van der Waals surface area contributed by atoms with Crippen LogP contribution in [0.1, 0.15) is 39.5 Å². The van der Waals surface area contributed by atoms with Crippen LogP contribution in [0.25, 0.3) is 0 Å². The summed E-state index contributed by atoms with van der Waals surface area (Å²) in [6, 6.07) is 0. The van der Waals surface area contributed by atoms with Crippen LogP contribution in [-0.4, -0.2) is 40.1 Å². The third-order valence-corrected chi connectivity index (χ3v) is 4.23. The van der Waals surface area contributed by atoms with Crippen LogP contribution in [-0.2, 0) is 19.1 Å². The summed E-state index contributed by atoms with van der Waals surface area (Å²) in [5.74, 6) is -2.85. The summed E-state index contributed by atoms with van der Waals surface area (Å²) in [6.07, 6.45) is -0.0470. The van der Waals surface area contributed by atoms with E-state index in [-0.39, 0.29) is 24.0 Å². The highest BCUT2D eigenvalue weighted by Gasteiger charge is 2.43. The monoisotopic (exact) mass is 308 g/mol. The maximum atomic E-state index is 12.2. The molecule has 6 heteroatoms. The Morgan fingerprint density at radius 1 is 1.23 bits per heavy atom. The molecule has 22 heavy (non-hydrogen) atoms. The van der Waals surface area contributed by atoms with Gasteiger partial charge in [0.2, 0.25) is 0 Å². The van der Waals surface area contributed by atoms with Crippen molar-refractivity contribution in [3.05, 3.63) is 22.8 Å². The largest absolute Gasteiger partial charge is 0.388 e. The van der Waals surface area contributed by atoms with Crippen LogP contribution in [0, 0.1) is 5.92 Å². The van der Waals surface area contributed by atoms with Crippen molar-refractivity contribution < 1.29 is 29.3 Å². The van der Waals surface area contributed by atoms with E-state index in [4.69, 9.17) is 0 Å². The number of rotatable bonds is 2. The maximum Gasteiger partial charge on any atom is 0.342 e. The molecule has 0 spiro atoms. The Morgan fingerprint density at radius 3 is 2.50 bits per heavy atom. The number of allylic oxidation sites excluding steroid dienone is 1. The zero-order valence-corrected chi connectivity index (χ0v) is 12.7. The Balaban J connectivity index is 2.58. The van der Waals surface area contributed by atoms with Gasteiger partial charge < -0.3 is 14.9 Å². The number of ketones is 1. The van der Waals surface area contributed by atoms with Crippen LogP contribution in [0.2, 0.25) is 0 Å². The van der Waals surface area contributed by atoms with Gasteiger partial charge in [0.05, 0.1) is 17.3 Å². The van der Waals surface area contributed by atoms with Crippen molar-refractivity contribution in [2.45, 2.75) is 51.7 Å². The Kier molecular flexibility index (Phi) is 4.93. The summed E-state index contributed by atoms with van der Waals surface area (Å²) in [5, 5.41) is 20.4. The van der Waals surface area contributed by atoms with Gasteiger partial charge in [-0.1, -0.05) is 19.4 Å². The molecule has 1 heterocycles. The second-order valence-corrected chi connectivity index (χ2v) is 5.64. The van der Waals surface area contributed by atoms with Gasteiger partial charge in [0.1, 0.15) is 6.10 Å². The first-order valence-electron chi connectivity index (χ1n) is 7.44. The highest BCUT2D eigenvalue weighted by atomic mass is 16.6. The molecule has 0 aromatic rings. The average molecular weight is 308 g/mol. The summed E-state index contributed by atoms with van der Waals surface area (Å²) in [6.45, 7) is 3.54. The van der Waals surface area contributed by atoms with Gasteiger partial charge in [0, 0.05) is 18.8 Å². The van der Waals surface area contributed by atoms with Crippen molar-refractivity contribution in [2.75, 3.05) is 0 Å². The lowest BCUT2D eigenvalue weighted by molar-refractivity contribution is -0.151. The second kappa shape index (κ2) is 6.54. The van der Waals surface area contributed by atoms with Gasteiger partial charge in [-0.2, -0.15) is 0 Å². The van der Waals surface area contributed by atoms with Gasteiger partial charge in [-0.15, -0.1) is 0 Å². The number of aliphatic hydroxyl groups is 2. The van der Waals surface area contributed by atoms with Crippen molar-refractivity contribution >= 4 is 17.7 Å².